The first-order chi connectivity index (χ1) is 20.4. The molecule has 1 aliphatic heterocycles. The number of hydrogen-bond donors (Lipinski definition) is 2. The van der Waals surface area contributed by atoms with E-state index in [1.807, 2.05) is 97.1 Å². The second-order valence-corrected chi connectivity index (χ2v) is 10.3. The SMILES string of the molecule is CC(CN1CC(=O)N(C(c2ccccc2)c2ccccc2)c2ccc(-c3ccc(OCCN)cc3)cc2C1=O)C(=O)O. The van der Waals surface area contributed by atoms with Crippen molar-refractivity contribution in [2.45, 2.75) is 13.0 Å². The molecule has 3 N–H and O–H groups in total. The number of ether oxygens (including phenoxy) is 1. The Bertz CT molecular complexity index is 1520. The van der Waals surface area contributed by atoms with Crippen LogP contribution in [0.2, 0.25) is 0 Å². The first kappa shape index (κ1) is 28.6. The number of fused-ring (bicyclic) bond motifs is 1. The number of hydrogen-bond acceptors (Lipinski definition) is 5. The van der Waals surface area contributed by atoms with Gasteiger partial charge in [-0.3, -0.25) is 19.3 Å². The number of anilines is 1. The molecule has 0 aromatic heterocycles. The normalized spacial score (nSPS) is 14.0. The Hall–Kier alpha value is -4.95. The van der Waals surface area contributed by atoms with Crippen molar-refractivity contribution in [2.75, 3.05) is 31.1 Å². The molecule has 0 saturated heterocycles. The molecule has 1 atom stereocenters. The van der Waals surface area contributed by atoms with Gasteiger partial charge in [-0.05, 0) is 46.5 Å². The second-order valence-electron chi connectivity index (χ2n) is 10.3. The number of nitrogens with two attached hydrogens (primary N) is 1. The predicted octanol–water partition coefficient (Wildman–Crippen LogP) is 4.99. The molecule has 4 aromatic carbocycles. The number of carboxylic acids is 1. The van der Waals surface area contributed by atoms with Gasteiger partial charge in [-0.15, -0.1) is 0 Å². The topological polar surface area (TPSA) is 113 Å². The van der Waals surface area contributed by atoms with E-state index in [-0.39, 0.29) is 19.0 Å². The number of carbonyl (C=O) groups is 3. The first-order valence-corrected chi connectivity index (χ1v) is 13.9. The Morgan fingerprint density at radius 1 is 0.881 bits per heavy atom. The van der Waals surface area contributed by atoms with Crippen LogP contribution in [0.15, 0.2) is 103 Å². The molecule has 4 aromatic rings. The van der Waals surface area contributed by atoms with Gasteiger partial charge in [0.2, 0.25) is 5.91 Å². The minimum atomic E-state index is -1.03. The highest BCUT2D eigenvalue weighted by atomic mass is 16.5. The summed E-state index contributed by atoms with van der Waals surface area (Å²) in [4.78, 5) is 42.9. The van der Waals surface area contributed by atoms with Gasteiger partial charge in [-0.25, -0.2) is 0 Å². The van der Waals surface area contributed by atoms with Crippen LogP contribution < -0.4 is 15.4 Å². The van der Waals surface area contributed by atoms with Gasteiger partial charge in [0.05, 0.1) is 23.2 Å². The summed E-state index contributed by atoms with van der Waals surface area (Å²) in [5, 5.41) is 9.59. The molecule has 214 valence electrons. The fourth-order valence-electron chi connectivity index (χ4n) is 5.23. The highest BCUT2D eigenvalue weighted by Crippen LogP contribution is 2.39. The molecular formula is C34H33N3O5. The van der Waals surface area contributed by atoms with Crippen LogP contribution in [0, 0.1) is 5.92 Å². The van der Waals surface area contributed by atoms with Crippen LogP contribution in [0.4, 0.5) is 5.69 Å². The van der Waals surface area contributed by atoms with Crippen molar-refractivity contribution < 1.29 is 24.2 Å². The number of rotatable bonds is 10. The minimum absolute atomic E-state index is 0.0913. The van der Waals surface area contributed by atoms with Gasteiger partial charge in [-0.1, -0.05) is 85.8 Å². The maximum absolute atomic E-state index is 14.1. The summed E-state index contributed by atoms with van der Waals surface area (Å²) in [6.07, 6.45) is 0. The van der Waals surface area contributed by atoms with Gasteiger partial charge in [0.1, 0.15) is 18.9 Å². The highest BCUT2D eigenvalue weighted by Gasteiger charge is 2.37. The number of amides is 2. The monoisotopic (exact) mass is 563 g/mol. The van der Waals surface area contributed by atoms with Crippen molar-refractivity contribution in [1.82, 2.24) is 4.90 Å². The number of nitrogens with zero attached hydrogens (tertiary/aromatic N) is 2. The number of carboxylic acid groups (broad SMARTS) is 1. The minimum Gasteiger partial charge on any atom is -0.492 e. The zero-order valence-corrected chi connectivity index (χ0v) is 23.4. The fraction of sp³-hybridized carbons (Fsp3) is 0.206. The van der Waals surface area contributed by atoms with Crippen molar-refractivity contribution in [2.24, 2.45) is 11.7 Å². The summed E-state index contributed by atoms with van der Waals surface area (Å²) in [6, 6.07) is 31.8. The number of carbonyl (C=O) groups excluding carboxylic acids is 2. The molecule has 0 spiro atoms. The van der Waals surface area contributed by atoms with Gasteiger partial charge in [0.15, 0.2) is 0 Å². The lowest BCUT2D eigenvalue weighted by Crippen LogP contribution is -2.43. The summed E-state index contributed by atoms with van der Waals surface area (Å²) in [6.45, 7) is 2.01. The molecule has 0 aliphatic carbocycles. The average molecular weight is 564 g/mol. The van der Waals surface area contributed by atoms with E-state index in [1.165, 1.54) is 11.8 Å². The molecule has 8 heteroatoms. The Morgan fingerprint density at radius 3 is 2.05 bits per heavy atom. The van der Waals surface area contributed by atoms with Crippen LogP contribution in [0.25, 0.3) is 11.1 Å². The molecule has 8 nitrogen and oxygen atoms in total. The van der Waals surface area contributed by atoms with Gasteiger partial charge in [0.25, 0.3) is 5.91 Å². The van der Waals surface area contributed by atoms with Crippen molar-refractivity contribution in [3.05, 3.63) is 120 Å². The summed E-state index contributed by atoms with van der Waals surface area (Å²) < 4.78 is 5.60. The molecule has 0 bridgehead atoms. The van der Waals surface area contributed by atoms with Crippen LogP contribution in [-0.2, 0) is 9.59 Å². The van der Waals surface area contributed by atoms with E-state index in [0.717, 1.165) is 22.3 Å². The summed E-state index contributed by atoms with van der Waals surface area (Å²) in [7, 11) is 0. The highest BCUT2D eigenvalue weighted by molar-refractivity contribution is 6.11. The molecule has 0 radical (unpaired) electrons. The molecule has 2 amide bonds. The zero-order valence-electron chi connectivity index (χ0n) is 23.4. The maximum Gasteiger partial charge on any atom is 0.308 e. The van der Waals surface area contributed by atoms with Crippen LogP contribution in [0.1, 0.15) is 34.5 Å². The Balaban J connectivity index is 1.65. The Labute approximate surface area is 244 Å². The average Bonchev–Trinajstić information content (AvgIpc) is 3.11. The molecule has 1 heterocycles. The van der Waals surface area contributed by atoms with E-state index in [0.29, 0.717) is 30.2 Å². The van der Waals surface area contributed by atoms with Crippen LogP contribution >= 0.6 is 0 Å². The fourth-order valence-corrected chi connectivity index (χ4v) is 5.23. The Kier molecular flexibility index (Phi) is 8.64. The lowest BCUT2D eigenvalue weighted by atomic mass is 9.94. The lowest BCUT2D eigenvalue weighted by molar-refractivity contribution is -0.141. The summed E-state index contributed by atoms with van der Waals surface area (Å²) >= 11 is 0. The molecule has 42 heavy (non-hydrogen) atoms. The molecule has 1 unspecified atom stereocenters. The summed E-state index contributed by atoms with van der Waals surface area (Å²) in [5.74, 6) is -1.88. The van der Waals surface area contributed by atoms with Gasteiger partial charge < -0.3 is 20.5 Å². The largest absolute Gasteiger partial charge is 0.492 e. The van der Waals surface area contributed by atoms with Crippen molar-refractivity contribution in [3.8, 4) is 16.9 Å². The maximum atomic E-state index is 14.1. The summed E-state index contributed by atoms with van der Waals surface area (Å²) in [5.41, 5.74) is 9.76. The molecule has 0 saturated carbocycles. The van der Waals surface area contributed by atoms with E-state index in [2.05, 4.69) is 0 Å². The van der Waals surface area contributed by atoms with E-state index < -0.39 is 23.8 Å². The third kappa shape index (κ3) is 6.04. The predicted molar refractivity (Wildman–Crippen MR) is 161 cm³/mol. The second kappa shape index (κ2) is 12.7. The van der Waals surface area contributed by atoms with Crippen molar-refractivity contribution in [1.29, 1.82) is 0 Å². The third-order valence-electron chi connectivity index (χ3n) is 7.35. The van der Waals surface area contributed by atoms with Crippen molar-refractivity contribution >= 4 is 23.5 Å². The van der Waals surface area contributed by atoms with E-state index in [9.17, 15) is 19.5 Å². The lowest BCUT2D eigenvalue weighted by Gasteiger charge is -2.33. The van der Waals surface area contributed by atoms with Gasteiger partial charge in [-0.2, -0.15) is 0 Å². The van der Waals surface area contributed by atoms with Gasteiger partial charge >= 0.3 is 5.97 Å². The standard InChI is InChI=1S/C34H33N3O5/c1-23(34(40)41)21-36-22-31(38)37(32(25-8-4-2-5-9-25)26-10-6-3-7-11-26)30-17-14-27(20-29(30)33(36)39)24-12-15-28(16-13-24)42-19-18-35/h2-17,20,23,32H,18-19,21-22,35H2,1H3,(H,40,41). The first-order valence-electron chi connectivity index (χ1n) is 13.9. The van der Waals surface area contributed by atoms with Crippen LogP contribution in [0.5, 0.6) is 5.75 Å². The van der Waals surface area contributed by atoms with Gasteiger partial charge in [0, 0.05) is 13.1 Å². The third-order valence-corrected chi connectivity index (χ3v) is 7.35. The molecule has 5 rings (SSSR count). The number of benzene rings is 4. The van der Waals surface area contributed by atoms with Crippen LogP contribution in [-0.4, -0.2) is 54.0 Å². The van der Waals surface area contributed by atoms with E-state index in [1.54, 1.807) is 11.0 Å². The van der Waals surface area contributed by atoms with E-state index in [4.69, 9.17) is 10.5 Å². The van der Waals surface area contributed by atoms with E-state index >= 15 is 0 Å². The number of aliphatic carboxylic acids is 1. The zero-order chi connectivity index (χ0) is 29.6. The molecule has 1 aliphatic rings. The smallest absolute Gasteiger partial charge is 0.308 e. The Morgan fingerprint density at radius 2 is 1.48 bits per heavy atom. The quantitative estimate of drug-likeness (QED) is 0.281. The van der Waals surface area contributed by atoms with Crippen LogP contribution in [0.3, 0.4) is 0 Å². The molecule has 0 fully saturated rings. The molecular weight excluding hydrogens is 530 g/mol. The van der Waals surface area contributed by atoms with Crippen molar-refractivity contribution in [3.63, 3.8) is 0 Å².